The van der Waals surface area contributed by atoms with Crippen LogP contribution in [0.5, 0.6) is 5.75 Å². The molecule has 0 saturated heterocycles. The van der Waals surface area contributed by atoms with Crippen LogP contribution in [0, 0.1) is 0 Å². The molecule has 0 bridgehead atoms. The van der Waals surface area contributed by atoms with E-state index in [4.69, 9.17) is 4.74 Å². The van der Waals surface area contributed by atoms with Crippen molar-refractivity contribution >= 4 is 17.0 Å². The van der Waals surface area contributed by atoms with Crippen LogP contribution >= 0.6 is 11.3 Å². The van der Waals surface area contributed by atoms with Crippen molar-refractivity contribution in [2.24, 2.45) is 0 Å². The first-order chi connectivity index (χ1) is 7.86. The summed E-state index contributed by atoms with van der Waals surface area (Å²) in [5, 5.41) is 5.67. The average Bonchev–Trinajstić information content (AvgIpc) is 2.96. The van der Waals surface area contributed by atoms with Crippen molar-refractivity contribution < 1.29 is 4.74 Å². The molecule has 1 N–H and O–H groups in total. The lowest BCUT2D eigenvalue weighted by molar-refractivity contribution is 0.414. The molecule has 2 nitrogen and oxygen atoms in total. The van der Waals surface area contributed by atoms with E-state index >= 15 is 0 Å². The third-order valence-corrected chi connectivity index (χ3v) is 3.94. The maximum absolute atomic E-state index is 5.24. The maximum Gasteiger partial charge on any atom is 0.119 e. The van der Waals surface area contributed by atoms with Crippen molar-refractivity contribution in [3.8, 4) is 5.75 Å². The Morgan fingerprint density at radius 3 is 3.06 bits per heavy atom. The Kier molecular flexibility index (Phi) is 2.33. The van der Waals surface area contributed by atoms with E-state index in [2.05, 4.69) is 35.0 Å². The van der Waals surface area contributed by atoms with Crippen LogP contribution < -0.4 is 10.1 Å². The minimum Gasteiger partial charge on any atom is -0.497 e. The van der Waals surface area contributed by atoms with E-state index in [1.165, 1.54) is 16.1 Å². The van der Waals surface area contributed by atoms with Crippen molar-refractivity contribution in [3.05, 3.63) is 46.2 Å². The van der Waals surface area contributed by atoms with Gasteiger partial charge in [-0.2, -0.15) is 0 Å². The fourth-order valence-corrected chi connectivity index (χ4v) is 2.90. The van der Waals surface area contributed by atoms with Crippen LogP contribution in [0.15, 0.2) is 35.7 Å². The van der Waals surface area contributed by atoms with Gasteiger partial charge in [0, 0.05) is 10.6 Å². The predicted octanol–water partition coefficient (Wildman–Crippen LogP) is 3.47. The number of methoxy groups -OCH3 is 1. The topological polar surface area (TPSA) is 21.3 Å². The van der Waals surface area contributed by atoms with Crippen LogP contribution in [0.25, 0.3) is 0 Å². The van der Waals surface area contributed by atoms with Gasteiger partial charge < -0.3 is 10.1 Å². The molecule has 1 atom stereocenters. The molecular weight excluding hydrogens is 218 g/mol. The fourth-order valence-electron chi connectivity index (χ4n) is 2.13. The number of benzene rings is 1. The first-order valence-electron chi connectivity index (χ1n) is 5.33. The molecule has 3 rings (SSSR count). The van der Waals surface area contributed by atoms with E-state index < -0.39 is 0 Å². The maximum atomic E-state index is 5.24. The summed E-state index contributed by atoms with van der Waals surface area (Å²) in [6.07, 6.45) is 1.05. The minimum atomic E-state index is 0.433. The van der Waals surface area contributed by atoms with Crippen LogP contribution in [-0.4, -0.2) is 7.11 Å². The van der Waals surface area contributed by atoms with E-state index in [-0.39, 0.29) is 0 Å². The minimum absolute atomic E-state index is 0.433. The standard InChI is InChI=1S/C13H13NOS/c1-15-10-4-5-11-9(7-10)8-12(14-11)13-3-2-6-16-13/h2-7,12,14H,8H2,1H3. The highest BCUT2D eigenvalue weighted by Crippen LogP contribution is 2.37. The molecule has 3 heteroatoms. The second kappa shape index (κ2) is 3.83. The summed E-state index contributed by atoms with van der Waals surface area (Å²) in [6, 6.07) is 10.9. The fraction of sp³-hybridized carbons (Fsp3) is 0.231. The summed E-state index contributed by atoms with van der Waals surface area (Å²) in [5.41, 5.74) is 2.58. The zero-order chi connectivity index (χ0) is 11.0. The molecule has 1 unspecified atom stereocenters. The van der Waals surface area contributed by atoms with Crippen molar-refractivity contribution in [1.29, 1.82) is 0 Å². The normalized spacial score (nSPS) is 17.9. The highest BCUT2D eigenvalue weighted by molar-refractivity contribution is 7.10. The van der Waals surface area contributed by atoms with Gasteiger partial charge in [0.05, 0.1) is 13.2 Å². The highest BCUT2D eigenvalue weighted by Gasteiger charge is 2.22. The third kappa shape index (κ3) is 1.57. The molecule has 82 valence electrons. The lowest BCUT2D eigenvalue weighted by atomic mass is 10.1. The number of thiophene rings is 1. The number of nitrogens with one attached hydrogen (secondary N) is 1. The number of rotatable bonds is 2. The molecule has 1 aromatic carbocycles. The summed E-state index contributed by atoms with van der Waals surface area (Å²) >= 11 is 1.81. The molecular formula is C13H13NOS. The van der Waals surface area contributed by atoms with Crippen LogP contribution in [0.1, 0.15) is 16.5 Å². The monoisotopic (exact) mass is 231 g/mol. The molecule has 16 heavy (non-hydrogen) atoms. The first kappa shape index (κ1) is 9.73. The third-order valence-electron chi connectivity index (χ3n) is 2.95. The number of hydrogen-bond acceptors (Lipinski definition) is 3. The van der Waals surface area contributed by atoms with Gasteiger partial charge in [0.1, 0.15) is 5.75 Å². The summed E-state index contributed by atoms with van der Waals surface area (Å²) < 4.78 is 5.24. The van der Waals surface area contributed by atoms with Gasteiger partial charge in [-0.3, -0.25) is 0 Å². The molecule has 0 amide bonds. The van der Waals surface area contributed by atoms with Gasteiger partial charge in [-0.1, -0.05) is 6.07 Å². The van der Waals surface area contributed by atoms with E-state index in [1.807, 2.05) is 6.07 Å². The number of fused-ring (bicyclic) bond motifs is 1. The van der Waals surface area contributed by atoms with Gasteiger partial charge in [-0.25, -0.2) is 0 Å². The largest absolute Gasteiger partial charge is 0.497 e. The molecule has 0 aliphatic carbocycles. The van der Waals surface area contributed by atoms with E-state index in [1.54, 1.807) is 18.4 Å². The zero-order valence-corrected chi connectivity index (χ0v) is 9.88. The van der Waals surface area contributed by atoms with Gasteiger partial charge in [0.15, 0.2) is 0 Å². The summed E-state index contributed by atoms with van der Waals surface area (Å²) in [5.74, 6) is 0.937. The van der Waals surface area contributed by atoms with Crippen LogP contribution in [0.3, 0.4) is 0 Å². The second-order valence-corrected chi connectivity index (χ2v) is 4.92. The Morgan fingerprint density at radius 2 is 2.31 bits per heavy atom. The summed E-state index contributed by atoms with van der Waals surface area (Å²) in [7, 11) is 1.71. The number of hydrogen-bond donors (Lipinski definition) is 1. The Labute approximate surface area is 98.9 Å². The van der Waals surface area contributed by atoms with Crippen molar-refractivity contribution in [2.45, 2.75) is 12.5 Å². The molecule has 0 saturated carbocycles. The van der Waals surface area contributed by atoms with E-state index in [0.29, 0.717) is 6.04 Å². The molecule has 0 fully saturated rings. The van der Waals surface area contributed by atoms with E-state index in [0.717, 1.165) is 12.2 Å². The predicted molar refractivity (Wildman–Crippen MR) is 67.4 cm³/mol. The summed E-state index contributed by atoms with van der Waals surface area (Å²) in [6.45, 7) is 0. The number of ether oxygens (including phenoxy) is 1. The zero-order valence-electron chi connectivity index (χ0n) is 9.07. The van der Waals surface area contributed by atoms with Gasteiger partial charge in [0.25, 0.3) is 0 Å². The Balaban J connectivity index is 1.89. The molecule has 1 aliphatic rings. The van der Waals surface area contributed by atoms with Crippen molar-refractivity contribution in [3.63, 3.8) is 0 Å². The lowest BCUT2D eigenvalue weighted by Crippen LogP contribution is -2.02. The molecule has 2 heterocycles. The van der Waals surface area contributed by atoms with Crippen molar-refractivity contribution in [2.75, 3.05) is 12.4 Å². The first-order valence-corrected chi connectivity index (χ1v) is 6.21. The van der Waals surface area contributed by atoms with Crippen LogP contribution in [-0.2, 0) is 6.42 Å². The van der Waals surface area contributed by atoms with Gasteiger partial charge in [-0.15, -0.1) is 11.3 Å². The van der Waals surface area contributed by atoms with Gasteiger partial charge in [0.2, 0.25) is 0 Å². The second-order valence-electron chi connectivity index (χ2n) is 3.94. The molecule has 2 aromatic rings. The molecule has 0 spiro atoms. The Bertz CT molecular complexity index is 493. The highest BCUT2D eigenvalue weighted by atomic mass is 32.1. The number of anilines is 1. The molecule has 1 aromatic heterocycles. The summed E-state index contributed by atoms with van der Waals surface area (Å²) in [4.78, 5) is 1.40. The molecule has 1 aliphatic heterocycles. The van der Waals surface area contributed by atoms with Crippen molar-refractivity contribution in [1.82, 2.24) is 0 Å². The smallest absolute Gasteiger partial charge is 0.119 e. The van der Waals surface area contributed by atoms with Gasteiger partial charge >= 0.3 is 0 Å². The SMILES string of the molecule is COc1ccc2c(c1)CC(c1cccs1)N2. The van der Waals surface area contributed by atoms with Crippen LogP contribution in [0.4, 0.5) is 5.69 Å². The average molecular weight is 231 g/mol. The Morgan fingerprint density at radius 1 is 1.38 bits per heavy atom. The Hall–Kier alpha value is -1.48. The van der Waals surface area contributed by atoms with Crippen LogP contribution in [0.2, 0.25) is 0 Å². The molecule has 0 radical (unpaired) electrons. The van der Waals surface area contributed by atoms with Gasteiger partial charge in [-0.05, 0) is 41.6 Å². The quantitative estimate of drug-likeness (QED) is 0.854. The lowest BCUT2D eigenvalue weighted by Gasteiger charge is -2.07. The van der Waals surface area contributed by atoms with E-state index in [9.17, 15) is 0 Å².